The van der Waals surface area contributed by atoms with Gasteiger partial charge in [-0.25, -0.2) is 0 Å². The van der Waals surface area contributed by atoms with Crippen molar-refractivity contribution in [3.63, 3.8) is 0 Å². The molecule has 0 spiro atoms. The van der Waals surface area contributed by atoms with Crippen molar-refractivity contribution >= 4 is 17.1 Å². The minimum Gasteiger partial charge on any atom is -0.385 e. The summed E-state index contributed by atoms with van der Waals surface area (Å²) < 4.78 is 0. The van der Waals surface area contributed by atoms with Crippen molar-refractivity contribution < 1.29 is 4.92 Å². The van der Waals surface area contributed by atoms with Gasteiger partial charge in [0, 0.05) is 36.6 Å². The second-order valence-electron chi connectivity index (χ2n) is 4.78. The van der Waals surface area contributed by atoms with Crippen molar-refractivity contribution in [1.82, 2.24) is 0 Å². The zero-order chi connectivity index (χ0) is 15.1. The van der Waals surface area contributed by atoms with Gasteiger partial charge in [0.1, 0.15) is 0 Å². The molecule has 2 N–H and O–H groups in total. The topological polar surface area (TPSA) is 67.2 Å². The van der Waals surface area contributed by atoms with Crippen LogP contribution in [0.2, 0.25) is 0 Å². The summed E-state index contributed by atoms with van der Waals surface area (Å²) in [6.07, 6.45) is 1.10. The number of benzene rings is 2. The van der Waals surface area contributed by atoms with Gasteiger partial charge in [0.05, 0.1) is 4.92 Å². The first-order valence-corrected chi connectivity index (χ1v) is 7.00. The first-order valence-electron chi connectivity index (χ1n) is 7.00. The van der Waals surface area contributed by atoms with Crippen molar-refractivity contribution in [2.45, 2.75) is 19.9 Å². The Hall–Kier alpha value is -2.56. The maximum Gasteiger partial charge on any atom is 0.269 e. The number of nitrogens with zero attached hydrogens (tertiary/aromatic N) is 1. The van der Waals surface area contributed by atoms with E-state index in [0.717, 1.165) is 29.9 Å². The molecule has 0 fully saturated rings. The average Bonchev–Trinajstić information content (AvgIpc) is 2.52. The third-order valence-electron chi connectivity index (χ3n) is 3.11. The molecule has 0 radical (unpaired) electrons. The second kappa shape index (κ2) is 7.28. The fraction of sp³-hybridized carbons (Fsp3) is 0.250. The van der Waals surface area contributed by atoms with Gasteiger partial charge in [-0.3, -0.25) is 10.1 Å². The highest BCUT2D eigenvalue weighted by molar-refractivity contribution is 5.50. The Balaban J connectivity index is 1.88. The highest BCUT2D eigenvalue weighted by atomic mass is 16.6. The van der Waals surface area contributed by atoms with E-state index < -0.39 is 4.92 Å². The van der Waals surface area contributed by atoms with Crippen LogP contribution < -0.4 is 10.6 Å². The Bertz CT molecular complexity index is 579. The van der Waals surface area contributed by atoms with Crippen molar-refractivity contribution in [1.29, 1.82) is 0 Å². The van der Waals surface area contributed by atoms with E-state index in [9.17, 15) is 10.1 Å². The van der Waals surface area contributed by atoms with Crippen LogP contribution in [0.15, 0.2) is 48.5 Å². The maximum atomic E-state index is 10.6. The predicted octanol–water partition coefficient (Wildman–Crippen LogP) is 4.03. The van der Waals surface area contributed by atoms with Crippen LogP contribution in [0.5, 0.6) is 0 Å². The molecule has 0 bridgehead atoms. The summed E-state index contributed by atoms with van der Waals surface area (Å²) in [6.45, 7) is 3.79. The lowest BCUT2D eigenvalue weighted by atomic mass is 10.2. The van der Waals surface area contributed by atoms with E-state index in [0.29, 0.717) is 6.54 Å². The van der Waals surface area contributed by atoms with Crippen LogP contribution in [0.3, 0.4) is 0 Å². The number of nitrogens with one attached hydrogen (secondary N) is 2. The second-order valence-corrected chi connectivity index (χ2v) is 4.78. The molecule has 2 rings (SSSR count). The fourth-order valence-electron chi connectivity index (χ4n) is 1.91. The van der Waals surface area contributed by atoms with Crippen LogP contribution in [0.4, 0.5) is 17.1 Å². The monoisotopic (exact) mass is 285 g/mol. The lowest BCUT2D eigenvalue weighted by Gasteiger charge is -2.08. The number of hydrogen-bond donors (Lipinski definition) is 2. The minimum absolute atomic E-state index is 0.104. The zero-order valence-corrected chi connectivity index (χ0v) is 12.0. The highest BCUT2D eigenvalue weighted by Gasteiger charge is 2.03. The molecule has 0 atom stereocenters. The maximum absolute atomic E-state index is 10.6. The van der Waals surface area contributed by atoms with Gasteiger partial charge in [-0.15, -0.1) is 0 Å². The standard InChI is InChI=1S/C16H19N3O2/c1-2-11-17-14-5-3-13(4-6-14)12-18-15-7-9-16(10-8-15)19(20)21/h3-10,17-18H,2,11-12H2,1H3. The van der Waals surface area contributed by atoms with Gasteiger partial charge in [-0.2, -0.15) is 0 Å². The number of anilines is 2. The number of nitro groups is 1. The smallest absolute Gasteiger partial charge is 0.269 e. The van der Waals surface area contributed by atoms with E-state index in [2.05, 4.69) is 41.8 Å². The first-order chi connectivity index (χ1) is 10.2. The van der Waals surface area contributed by atoms with Crippen LogP contribution in [0.1, 0.15) is 18.9 Å². The predicted molar refractivity (Wildman–Crippen MR) is 85.6 cm³/mol. The summed E-state index contributed by atoms with van der Waals surface area (Å²) >= 11 is 0. The fourth-order valence-corrected chi connectivity index (χ4v) is 1.91. The number of rotatable bonds is 7. The quantitative estimate of drug-likeness (QED) is 0.595. The van der Waals surface area contributed by atoms with Gasteiger partial charge >= 0.3 is 0 Å². The molecule has 0 amide bonds. The van der Waals surface area contributed by atoms with Gasteiger partial charge < -0.3 is 10.6 Å². The Kier molecular flexibility index (Phi) is 5.15. The average molecular weight is 285 g/mol. The SMILES string of the molecule is CCCNc1ccc(CNc2ccc([N+](=O)[O-])cc2)cc1. The van der Waals surface area contributed by atoms with Gasteiger partial charge in [0.25, 0.3) is 5.69 Å². The largest absolute Gasteiger partial charge is 0.385 e. The summed E-state index contributed by atoms with van der Waals surface area (Å²) in [5.74, 6) is 0. The Morgan fingerprint density at radius 1 is 0.952 bits per heavy atom. The third kappa shape index (κ3) is 4.49. The lowest BCUT2D eigenvalue weighted by molar-refractivity contribution is -0.384. The van der Waals surface area contributed by atoms with Crippen molar-refractivity contribution in [2.24, 2.45) is 0 Å². The molecule has 0 aromatic heterocycles. The summed E-state index contributed by atoms with van der Waals surface area (Å²) in [5, 5.41) is 17.2. The van der Waals surface area contributed by atoms with Crippen LogP contribution in [-0.2, 0) is 6.54 Å². The number of non-ortho nitro benzene ring substituents is 1. The zero-order valence-electron chi connectivity index (χ0n) is 12.0. The van der Waals surface area contributed by atoms with E-state index in [1.165, 1.54) is 12.1 Å². The molecule has 0 saturated heterocycles. The molecule has 5 heteroatoms. The molecular weight excluding hydrogens is 266 g/mol. The summed E-state index contributed by atoms with van der Waals surface area (Å²) in [5.41, 5.74) is 3.26. The molecule has 0 aliphatic rings. The molecule has 110 valence electrons. The van der Waals surface area contributed by atoms with E-state index >= 15 is 0 Å². The van der Waals surface area contributed by atoms with E-state index in [4.69, 9.17) is 0 Å². The normalized spacial score (nSPS) is 10.1. The van der Waals surface area contributed by atoms with Crippen molar-refractivity contribution in [3.05, 3.63) is 64.2 Å². The third-order valence-corrected chi connectivity index (χ3v) is 3.11. The summed E-state index contributed by atoms with van der Waals surface area (Å²) in [4.78, 5) is 10.2. The molecule has 0 unspecified atom stereocenters. The minimum atomic E-state index is -0.397. The molecule has 0 saturated carbocycles. The lowest BCUT2D eigenvalue weighted by Crippen LogP contribution is -2.01. The van der Waals surface area contributed by atoms with Crippen molar-refractivity contribution in [2.75, 3.05) is 17.2 Å². The molecule has 0 aliphatic carbocycles. The first kappa shape index (κ1) is 14.8. The van der Waals surface area contributed by atoms with Crippen LogP contribution >= 0.6 is 0 Å². The molecule has 0 heterocycles. The molecule has 0 aliphatic heterocycles. The Labute approximate surface area is 124 Å². The summed E-state index contributed by atoms with van der Waals surface area (Å²) in [7, 11) is 0. The molecule has 2 aromatic carbocycles. The van der Waals surface area contributed by atoms with Gasteiger partial charge in [0.2, 0.25) is 0 Å². The summed E-state index contributed by atoms with van der Waals surface area (Å²) in [6, 6.07) is 14.7. The van der Waals surface area contributed by atoms with E-state index in [1.807, 2.05) is 0 Å². The Morgan fingerprint density at radius 2 is 1.52 bits per heavy atom. The Morgan fingerprint density at radius 3 is 2.10 bits per heavy atom. The van der Waals surface area contributed by atoms with E-state index in [-0.39, 0.29) is 5.69 Å². The number of hydrogen-bond acceptors (Lipinski definition) is 4. The van der Waals surface area contributed by atoms with E-state index in [1.54, 1.807) is 12.1 Å². The molecule has 2 aromatic rings. The molecule has 21 heavy (non-hydrogen) atoms. The molecular formula is C16H19N3O2. The molecule has 5 nitrogen and oxygen atoms in total. The van der Waals surface area contributed by atoms with Crippen LogP contribution in [-0.4, -0.2) is 11.5 Å². The van der Waals surface area contributed by atoms with Gasteiger partial charge in [-0.05, 0) is 36.2 Å². The van der Waals surface area contributed by atoms with Gasteiger partial charge in [0.15, 0.2) is 0 Å². The number of nitro benzene ring substituents is 1. The van der Waals surface area contributed by atoms with Crippen LogP contribution in [0, 0.1) is 10.1 Å². The van der Waals surface area contributed by atoms with Gasteiger partial charge in [-0.1, -0.05) is 19.1 Å². The van der Waals surface area contributed by atoms with Crippen molar-refractivity contribution in [3.8, 4) is 0 Å². The highest BCUT2D eigenvalue weighted by Crippen LogP contribution is 2.16. The van der Waals surface area contributed by atoms with Crippen LogP contribution in [0.25, 0.3) is 0 Å².